The van der Waals surface area contributed by atoms with Crippen LogP contribution in [0.5, 0.6) is 11.5 Å². The van der Waals surface area contributed by atoms with E-state index in [1.807, 2.05) is 18.2 Å². The van der Waals surface area contributed by atoms with E-state index < -0.39 is 0 Å². The molecule has 1 aromatic heterocycles. The Kier molecular flexibility index (Phi) is 7.12. The van der Waals surface area contributed by atoms with Crippen molar-refractivity contribution in [1.82, 2.24) is 15.6 Å². The summed E-state index contributed by atoms with van der Waals surface area (Å²) in [6, 6.07) is 9.73. The van der Waals surface area contributed by atoms with Crippen molar-refractivity contribution in [2.24, 2.45) is 5.92 Å². The molecule has 140 valence electrons. The number of aromatic nitrogens is 1. The summed E-state index contributed by atoms with van der Waals surface area (Å²) in [5.41, 5.74) is 2.15. The highest BCUT2D eigenvalue weighted by atomic mass is 35.5. The molecule has 1 fully saturated rings. The standard InChI is InChI=1S/C20H26ClN3O2/c1-25-19-10-16(12-23-11-15-6-8-22-9-7-15)2-4-18(19)26-14-17-3-5-20(21)24-13-17/h2-5,10,13,15,22-23H,6-9,11-12,14H2,1H3. The van der Waals surface area contributed by atoms with Gasteiger partial charge < -0.3 is 20.1 Å². The van der Waals surface area contributed by atoms with E-state index >= 15 is 0 Å². The number of halogens is 1. The van der Waals surface area contributed by atoms with E-state index in [2.05, 4.69) is 21.7 Å². The molecule has 5 nitrogen and oxygen atoms in total. The van der Waals surface area contributed by atoms with Crippen LogP contribution >= 0.6 is 11.6 Å². The number of pyridine rings is 1. The predicted molar refractivity (Wildman–Crippen MR) is 104 cm³/mol. The maximum Gasteiger partial charge on any atom is 0.161 e. The van der Waals surface area contributed by atoms with E-state index in [1.54, 1.807) is 19.4 Å². The van der Waals surface area contributed by atoms with Crippen molar-refractivity contribution in [3.05, 3.63) is 52.8 Å². The van der Waals surface area contributed by atoms with Crippen LogP contribution in [0.4, 0.5) is 0 Å². The summed E-state index contributed by atoms with van der Waals surface area (Å²) >= 11 is 5.80. The summed E-state index contributed by atoms with van der Waals surface area (Å²) in [7, 11) is 1.66. The van der Waals surface area contributed by atoms with E-state index in [4.69, 9.17) is 21.1 Å². The van der Waals surface area contributed by atoms with Crippen molar-refractivity contribution < 1.29 is 9.47 Å². The number of piperidine rings is 1. The molecule has 0 radical (unpaired) electrons. The lowest BCUT2D eigenvalue weighted by Gasteiger charge is -2.22. The van der Waals surface area contributed by atoms with Gasteiger partial charge in [0.2, 0.25) is 0 Å². The second kappa shape index (κ2) is 9.76. The van der Waals surface area contributed by atoms with Crippen molar-refractivity contribution in [3.8, 4) is 11.5 Å². The quantitative estimate of drug-likeness (QED) is 0.692. The lowest BCUT2D eigenvalue weighted by atomic mass is 9.98. The van der Waals surface area contributed by atoms with E-state index in [9.17, 15) is 0 Å². The molecule has 0 amide bonds. The summed E-state index contributed by atoms with van der Waals surface area (Å²) in [5.74, 6) is 2.24. The average molecular weight is 376 g/mol. The average Bonchev–Trinajstić information content (AvgIpc) is 2.69. The number of ether oxygens (including phenoxy) is 2. The minimum Gasteiger partial charge on any atom is -0.493 e. The Hall–Kier alpha value is -1.82. The van der Waals surface area contributed by atoms with Crippen LogP contribution in [0.3, 0.4) is 0 Å². The fourth-order valence-electron chi connectivity index (χ4n) is 3.10. The maximum absolute atomic E-state index is 5.87. The fourth-order valence-corrected chi connectivity index (χ4v) is 3.21. The number of rotatable bonds is 8. The minimum absolute atomic E-state index is 0.424. The molecule has 2 N–H and O–H groups in total. The first-order chi connectivity index (χ1) is 12.7. The van der Waals surface area contributed by atoms with Gasteiger partial charge in [0.05, 0.1) is 7.11 Å². The Balaban J connectivity index is 1.52. The van der Waals surface area contributed by atoms with Gasteiger partial charge in [-0.05, 0) is 62.2 Å². The molecule has 0 spiro atoms. The molecule has 1 saturated heterocycles. The van der Waals surface area contributed by atoms with Crippen molar-refractivity contribution in [2.75, 3.05) is 26.7 Å². The van der Waals surface area contributed by atoms with Crippen molar-refractivity contribution >= 4 is 11.6 Å². The molecule has 3 rings (SSSR count). The third-order valence-electron chi connectivity index (χ3n) is 4.63. The summed E-state index contributed by atoms with van der Waals surface area (Å²) in [4.78, 5) is 4.06. The monoisotopic (exact) mass is 375 g/mol. The van der Waals surface area contributed by atoms with E-state index in [1.165, 1.54) is 18.4 Å². The number of nitrogens with one attached hydrogen (secondary N) is 2. The number of benzene rings is 1. The van der Waals surface area contributed by atoms with E-state index in [-0.39, 0.29) is 0 Å². The molecule has 1 aliphatic heterocycles. The third kappa shape index (κ3) is 5.59. The zero-order chi connectivity index (χ0) is 18.2. The molecule has 0 unspecified atom stereocenters. The Morgan fingerprint density at radius 1 is 1.15 bits per heavy atom. The smallest absolute Gasteiger partial charge is 0.161 e. The van der Waals surface area contributed by atoms with Crippen LogP contribution in [-0.2, 0) is 13.2 Å². The SMILES string of the molecule is COc1cc(CNCC2CCNCC2)ccc1OCc1ccc(Cl)nc1. The largest absolute Gasteiger partial charge is 0.493 e. The highest BCUT2D eigenvalue weighted by molar-refractivity contribution is 6.29. The molecule has 0 saturated carbocycles. The number of nitrogens with zero attached hydrogens (tertiary/aromatic N) is 1. The van der Waals surface area contributed by atoms with Gasteiger partial charge in [0.25, 0.3) is 0 Å². The lowest BCUT2D eigenvalue weighted by Crippen LogP contribution is -2.33. The topological polar surface area (TPSA) is 55.4 Å². The van der Waals surface area contributed by atoms with E-state index in [0.29, 0.717) is 11.8 Å². The first-order valence-electron chi connectivity index (χ1n) is 9.06. The van der Waals surface area contributed by atoms with Gasteiger partial charge in [-0.1, -0.05) is 23.7 Å². The van der Waals surface area contributed by atoms with Gasteiger partial charge in [-0.3, -0.25) is 0 Å². The van der Waals surface area contributed by atoms with Crippen molar-refractivity contribution in [1.29, 1.82) is 0 Å². The van der Waals surface area contributed by atoms with Gasteiger partial charge >= 0.3 is 0 Å². The lowest BCUT2D eigenvalue weighted by molar-refractivity contribution is 0.284. The van der Waals surface area contributed by atoms with Gasteiger partial charge in [0, 0.05) is 18.3 Å². The molecule has 2 aromatic rings. The van der Waals surface area contributed by atoms with Crippen LogP contribution in [-0.4, -0.2) is 31.7 Å². The highest BCUT2D eigenvalue weighted by Gasteiger charge is 2.12. The molecule has 1 aliphatic rings. The fraction of sp³-hybridized carbons (Fsp3) is 0.450. The predicted octanol–water partition coefficient (Wildman–Crippen LogP) is 3.41. The summed E-state index contributed by atoms with van der Waals surface area (Å²) in [5, 5.41) is 7.44. The Bertz CT molecular complexity index is 688. The first kappa shape index (κ1) is 19.0. The van der Waals surface area contributed by atoms with Gasteiger partial charge in [0.1, 0.15) is 11.8 Å². The zero-order valence-corrected chi connectivity index (χ0v) is 15.9. The molecule has 0 bridgehead atoms. The molecular weight excluding hydrogens is 350 g/mol. The highest BCUT2D eigenvalue weighted by Crippen LogP contribution is 2.29. The summed E-state index contributed by atoms with van der Waals surface area (Å²) < 4.78 is 11.4. The summed E-state index contributed by atoms with van der Waals surface area (Å²) in [6.45, 7) is 4.59. The molecule has 0 aliphatic carbocycles. The van der Waals surface area contributed by atoms with Gasteiger partial charge in [-0.15, -0.1) is 0 Å². The van der Waals surface area contributed by atoms with Crippen molar-refractivity contribution in [2.45, 2.75) is 26.0 Å². The van der Waals surface area contributed by atoms with Crippen LogP contribution in [0, 0.1) is 5.92 Å². The normalized spacial score (nSPS) is 15.0. The van der Waals surface area contributed by atoms with Gasteiger partial charge in [-0.25, -0.2) is 4.98 Å². The van der Waals surface area contributed by atoms with Gasteiger partial charge in [0.15, 0.2) is 11.5 Å². The zero-order valence-electron chi connectivity index (χ0n) is 15.1. The maximum atomic E-state index is 5.87. The molecule has 1 aromatic carbocycles. The van der Waals surface area contributed by atoms with Crippen LogP contribution in [0.15, 0.2) is 36.5 Å². The van der Waals surface area contributed by atoms with Crippen molar-refractivity contribution in [3.63, 3.8) is 0 Å². The molecule has 2 heterocycles. The number of hydrogen-bond donors (Lipinski definition) is 2. The van der Waals surface area contributed by atoms with Crippen LogP contribution < -0.4 is 20.1 Å². The number of hydrogen-bond acceptors (Lipinski definition) is 5. The summed E-state index contributed by atoms with van der Waals surface area (Å²) in [6.07, 6.45) is 4.22. The second-order valence-corrected chi connectivity index (χ2v) is 6.97. The van der Waals surface area contributed by atoms with Crippen LogP contribution in [0.25, 0.3) is 0 Å². The Morgan fingerprint density at radius 3 is 2.69 bits per heavy atom. The molecular formula is C20H26ClN3O2. The van der Waals surface area contributed by atoms with Crippen LogP contribution in [0.1, 0.15) is 24.0 Å². The minimum atomic E-state index is 0.424. The molecule has 0 atom stereocenters. The second-order valence-electron chi connectivity index (χ2n) is 6.59. The Labute approximate surface area is 160 Å². The van der Waals surface area contributed by atoms with Crippen LogP contribution in [0.2, 0.25) is 5.15 Å². The third-order valence-corrected chi connectivity index (χ3v) is 4.86. The molecule has 26 heavy (non-hydrogen) atoms. The number of methoxy groups -OCH3 is 1. The molecule has 6 heteroatoms. The van der Waals surface area contributed by atoms with E-state index in [0.717, 1.165) is 49.2 Å². The Morgan fingerprint density at radius 2 is 1.96 bits per heavy atom. The van der Waals surface area contributed by atoms with Gasteiger partial charge in [-0.2, -0.15) is 0 Å². The first-order valence-corrected chi connectivity index (χ1v) is 9.44.